The Hall–Kier alpha value is -0.420. The highest BCUT2D eigenvalue weighted by molar-refractivity contribution is 7.84. The van der Waals surface area contributed by atoms with Gasteiger partial charge >= 0.3 is 0 Å². The predicted molar refractivity (Wildman–Crippen MR) is 71.2 cm³/mol. The van der Waals surface area contributed by atoms with Crippen LogP contribution in [0.4, 0.5) is 0 Å². The molecule has 1 fully saturated rings. The highest BCUT2D eigenvalue weighted by Gasteiger charge is 2.37. The Labute approximate surface area is 107 Å². The third kappa shape index (κ3) is 3.78. The van der Waals surface area contributed by atoms with Crippen LogP contribution in [-0.2, 0) is 15.6 Å². The summed E-state index contributed by atoms with van der Waals surface area (Å²) in [5, 5.41) is 3.32. The molecule has 1 heterocycles. The fourth-order valence-corrected chi connectivity index (χ4v) is 2.99. The molecule has 1 N–H and O–H groups in total. The van der Waals surface area contributed by atoms with Gasteiger partial charge in [-0.15, -0.1) is 0 Å². The van der Waals surface area contributed by atoms with Crippen LogP contribution in [0.1, 0.15) is 40.0 Å². The quantitative estimate of drug-likeness (QED) is 0.778. The molecule has 5 heteroatoms. The predicted octanol–water partition coefficient (Wildman–Crippen LogP) is 1.09. The van der Waals surface area contributed by atoms with Crippen molar-refractivity contribution in [3.05, 3.63) is 0 Å². The molecule has 0 aliphatic carbocycles. The summed E-state index contributed by atoms with van der Waals surface area (Å²) in [5.74, 6) is 0.843. The molecular weight excluding hydrogens is 236 g/mol. The number of carbonyl (C=O) groups is 1. The van der Waals surface area contributed by atoms with Gasteiger partial charge in [-0.3, -0.25) is 14.3 Å². The molecule has 1 aliphatic heterocycles. The van der Waals surface area contributed by atoms with Crippen molar-refractivity contribution in [3.8, 4) is 0 Å². The lowest BCUT2D eigenvalue weighted by atomic mass is 10.1. The second-order valence-electron chi connectivity index (χ2n) is 4.85. The minimum atomic E-state index is -0.780. The average Bonchev–Trinajstić information content (AvgIpc) is 2.52. The van der Waals surface area contributed by atoms with Gasteiger partial charge in [0.05, 0.1) is 12.2 Å². The van der Waals surface area contributed by atoms with E-state index < -0.39 is 10.8 Å². The van der Waals surface area contributed by atoms with Crippen molar-refractivity contribution in [2.75, 3.05) is 12.0 Å². The number of carbonyl (C=O) groups excluding carboxylic acids is 1. The minimum Gasteiger partial charge on any atom is -0.323 e. The molecule has 4 nitrogen and oxygen atoms in total. The van der Waals surface area contributed by atoms with Crippen LogP contribution in [0.5, 0.6) is 0 Å². The van der Waals surface area contributed by atoms with Crippen molar-refractivity contribution in [3.63, 3.8) is 0 Å². The summed E-state index contributed by atoms with van der Waals surface area (Å²) in [5.41, 5.74) is 0. The van der Waals surface area contributed by atoms with E-state index in [1.165, 1.54) is 0 Å². The molecule has 0 aromatic rings. The zero-order valence-corrected chi connectivity index (χ0v) is 12.0. The summed E-state index contributed by atoms with van der Waals surface area (Å²) in [7, 11) is -0.780. The van der Waals surface area contributed by atoms with Crippen LogP contribution in [0.2, 0.25) is 0 Å². The SMILES string of the molecule is CCCC1NC(C)C(=O)N1C(C)CCS(C)=O. The Morgan fingerprint density at radius 1 is 1.53 bits per heavy atom. The second-order valence-corrected chi connectivity index (χ2v) is 6.41. The summed E-state index contributed by atoms with van der Waals surface area (Å²) < 4.78 is 11.1. The molecule has 0 bridgehead atoms. The third-order valence-corrected chi connectivity index (χ3v) is 4.07. The van der Waals surface area contributed by atoms with E-state index in [-0.39, 0.29) is 24.2 Å². The van der Waals surface area contributed by atoms with Crippen molar-refractivity contribution in [1.82, 2.24) is 10.2 Å². The lowest BCUT2D eigenvalue weighted by Gasteiger charge is -2.30. The van der Waals surface area contributed by atoms with E-state index in [0.29, 0.717) is 5.75 Å². The molecule has 1 aliphatic rings. The van der Waals surface area contributed by atoms with E-state index in [0.717, 1.165) is 19.3 Å². The Bertz CT molecular complexity index is 296. The van der Waals surface area contributed by atoms with Crippen LogP contribution in [0.15, 0.2) is 0 Å². The highest BCUT2D eigenvalue weighted by atomic mass is 32.2. The molecule has 1 rings (SSSR count). The first kappa shape index (κ1) is 14.6. The molecule has 1 amide bonds. The number of amides is 1. The van der Waals surface area contributed by atoms with Crippen LogP contribution in [-0.4, -0.2) is 45.3 Å². The van der Waals surface area contributed by atoms with Gasteiger partial charge in [-0.25, -0.2) is 0 Å². The van der Waals surface area contributed by atoms with Gasteiger partial charge in [0.25, 0.3) is 0 Å². The Morgan fingerprint density at radius 3 is 2.71 bits per heavy atom. The highest BCUT2D eigenvalue weighted by Crippen LogP contribution is 2.19. The smallest absolute Gasteiger partial charge is 0.240 e. The molecule has 0 spiro atoms. The number of rotatable bonds is 6. The standard InChI is InChI=1S/C12H24N2O2S/c1-5-6-11-13-10(3)12(15)14(11)9(2)7-8-17(4)16/h9-11,13H,5-8H2,1-4H3. The third-order valence-electron chi connectivity index (χ3n) is 3.26. The minimum absolute atomic E-state index is 0.0823. The second kappa shape index (κ2) is 6.50. The number of hydrogen-bond acceptors (Lipinski definition) is 3. The first-order chi connectivity index (χ1) is 7.97. The molecule has 0 aromatic heterocycles. The largest absolute Gasteiger partial charge is 0.323 e. The van der Waals surface area contributed by atoms with Crippen molar-refractivity contribution in [2.24, 2.45) is 0 Å². The maximum Gasteiger partial charge on any atom is 0.240 e. The van der Waals surface area contributed by atoms with Gasteiger partial charge < -0.3 is 4.90 Å². The number of nitrogens with zero attached hydrogens (tertiary/aromatic N) is 1. The van der Waals surface area contributed by atoms with Gasteiger partial charge in [0.2, 0.25) is 5.91 Å². The number of nitrogens with one attached hydrogen (secondary N) is 1. The topological polar surface area (TPSA) is 49.4 Å². The monoisotopic (exact) mass is 260 g/mol. The van der Waals surface area contributed by atoms with Crippen LogP contribution >= 0.6 is 0 Å². The molecule has 4 atom stereocenters. The van der Waals surface area contributed by atoms with E-state index >= 15 is 0 Å². The first-order valence-electron chi connectivity index (χ1n) is 6.35. The fourth-order valence-electron chi connectivity index (χ4n) is 2.31. The van der Waals surface area contributed by atoms with Gasteiger partial charge in [0.15, 0.2) is 0 Å². The van der Waals surface area contributed by atoms with E-state index in [1.54, 1.807) is 6.26 Å². The molecule has 4 unspecified atom stereocenters. The average molecular weight is 260 g/mol. The van der Waals surface area contributed by atoms with E-state index in [9.17, 15) is 9.00 Å². The maximum absolute atomic E-state index is 12.1. The zero-order valence-electron chi connectivity index (χ0n) is 11.2. The summed E-state index contributed by atoms with van der Waals surface area (Å²) in [6, 6.07) is 0.0847. The van der Waals surface area contributed by atoms with E-state index in [2.05, 4.69) is 12.2 Å². The molecule has 100 valence electrons. The molecule has 0 saturated carbocycles. The van der Waals surface area contributed by atoms with Crippen LogP contribution in [0, 0.1) is 0 Å². The molecule has 1 saturated heterocycles. The lowest BCUT2D eigenvalue weighted by molar-refractivity contribution is -0.131. The Balaban J connectivity index is 2.63. The van der Waals surface area contributed by atoms with Crippen molar-refractivity contribution >= 4 is 16.7 Å². The molecule has 0 aromatic carbocycles. The Morgan fingerprint density at radius 2 is 2.18 bits per heavy atom. The summed E-state index contributed by atoms with van der Waals surface area (Å²) in [4.78, 5) is 14.0. The lowest BCUT2D eigenvalue weighted by Crippen LogP contribution is -2.43. The van der Waals surface area contributed by atoms with Gasteiger partial charge in [0, 0.05) is 28.9 Å². The number of hydrogen-bond donors (Lipinski definition) is 1. The molecular formula is C12H24N2O2S. The van der Waals surface area contributed by atoms with E-state index in [1.807, 2.05) is 18.7 Å². The summed E-state index contributed by atoms with van der Waals surface area (Å²) >= 11 is 0. The normalized spacial score (nSPS) is 28.5. The first-order valence-corrected chi connectivity index (χ1v) is 8.08. The van der Waals surface area contributed by atoms with Crippen LogP contribution in [0.3, 0.4) is 0 Å². The molecule has 17 heavy (non-hydrogen) atoms. The van der Waals surface area contributed by atoms with Gasteiger partial charge in [0.1, 0.15) is 0 Å². The van der Waals surface area contributed by atoms with Crippen molar-refractivity contribution in [2.45, 2.75) is 58.3 Å². The van der Waals surface area contributed by atoms with Crippen molar-refractivity contribution in [1.29, 1.82) is 0 Å². The zero-order chi connectivity index (χ0) is 13.0. The van der Waals surface area contributed by atoms with Crippen molar-refractivity contribution < 1.29 is 9.00 Å². The summed E-state index contributed by atoms with van der Waals surface area (Å²) in [6.07, 6.45) is 4.71. The van der Waals surface area contributed by atoms with Gasteiger partial charge in [-0.05, 0) is 26.7 Å². The summed E-state index contributed by atoms with van der Waals surface area (Å²) in [6.45, 7) is 6.09. The molecule has 0 radical (unpaired) electrons. The Kier molecular flexibility index (Phi) is 5.59. The van der Waals surface area contributed by atoms with Gasteiger partial charge in [-0.1, -0.05) is 13.3 Å². The van der Waals surface area contributed by atoms with Gasteiger partial charge in [-0.2, -0.15) is 0 Å². The van der Waals surface area contributed by atoms with E-state index in [4.69, 9.17) is 0 Å². The van der Waals surface area contributed by atoms with Crippen LogP contribution in [0.25, 0.3) is 0 Å². The van der Waals surface area contributed by atoms with Crippen LogP contribution < -0.4 is 5.32 Å². The fraction of sp³-hybridized carbons (Fsp3) is 0.917. The maximum atomic E-state index is 12.1.